The van der Waals surface area contributed by atoms with Crippen LogP contribution in [0.4, 0.5) is 4.79 Å². The largest absolute Gasteiger partial charge is 0.385 e. The van der Waals surface area contributed by atoms with Crippen molar-refractivity contribution in [2.24, 2.45) is 5.41 Å². The number of nitriles is 1. The molecule has 130 valence electrons. The van der Waals surface area contributed by atoms with E-state index in [0.29, 0.717) is 12.1 Å². The van der Waals surface area contributed by atoms with E-state index in [2.05, 4.69) is 16.7 Å². The van der Waals surface area contributed by atoms with Crippen LogP contribution in [0.15, 0.2) is 24.3 Å². The van der Waals surface area contributed by atoms with Gasteiger partial charge < -0.3 is 15.4 Å². The molecule has 0 radical (unpaired) electrons. The van der Waals surface area contributed by atoms with Gasteiger partial charge in [0, 0.05) is 20.3 Å². The Hall–Kier alpha value is -2.06. The fourth-order valence-electron chi connectivity index (χ4n) is 3.44. The monoisotopic (exact) mass is 329 g/mol. The van der Waals surface area contributed by atoms with Crippen LogP contribution in [0, 0.1) is 16.7 Å². The molecule has 5 heteroatoms. The molecule has 2 rings (SSSR count). The van der Waals surface area contributed by atoms with Crippen molar-refractivity contribution < 1.29 is 9.53 Å². The van der Waals surface area contributed by atoms with E-state index in [9.17, 15) is 4.79 Å². The minimum Gasteiger partial charge on any atom is -0.385 e. The maximum atomic E-state index is 12.2. The summed E-state index contributed by atoms with van der Waals surface area (Å²) in [5, 5.41) is 15.0. The van der Waals surface area contributed by atoms with Crippen molar-refractivity contribution in [3.05, 3.63) is 35.4 Å². The molecule has 0 aromatic heterocycles. The Bertz CT molecular complexity index is 589. The molecule has 24 heavy (non-hydrogen) atoms. The number of hydrogen-bond acceptors (Lipinski definition) is 3. The summed E-state index contributed by atoms with van der Waals surface area (Å²) >= 11 is 0. The van der Waals surface area contributed by atoms with E-state index in [0.717, 1.165) is 31.4 Å². The summed E-state index contributed by atoms with van der Waals surface area (Å²) in [5.41, 5.74) is 1.71. The zero-order valence-electron chi connectivity index (χ0n) is 14.6. The molecule has 2 amide bonds. The van der Waals surface area contributed by atoms with Crippen LogP contribution in [0.5, 0.6) is 0 Å². The molecule has 2 N–H and O–H groups in total. The molecule has 1 aromatic rings. The second-order valence-corrected chi connectivity index (χ2v) is 6.74. The van der Waals surface area contributed by atoms with Gasteiger partial charge in [0.1, 0.15) is 0 Å². The summed E-state index contributed by atoms with van der Waals surface area (Å²) in [4.78, 5) is 12.2. The lowest BCUT2D eigenvalue weighted by Crippen LogP contribution is -2.43. The summed E-state index contributed by atoms with van der Waals surface area (Å²) in [7, 11) is 1.72. The summed E-state index contributed by atoms with van der Waals surface area (Å²) in [6, 6.07) is 9.14. The molecular weight excluding hydrogens is 302 g/mol. The van der Waals surface area contributed by atoms with Crippen LogP contribution in [0.2, 0.25) is 0 Å². The molecule has 0 heterocycles. The van der Waals surface area contributed by atoms with Crippen molar-refractivity contribution in [2.75, 3.05) is 20.3 Å². The van der Waals surface area contributed by atoms with Gasteiger partial charge >= 0.3 is 6.03 Å². The highest BCUT2D eigenvalue weighted by Gasteiger charge is 2.33. The number of nitrogens with zero attached hydrogens (tertiary/aromatic N) is 1. The average Bonchev–Trinajstić information content (AvgIpc) is 3.07. The molecule has 0 spiro atoms. The SMILES string of the molecule is COCCC1(CNC(=O)NC(C)c2cccc(C#N)c2)CCCC1. The van der Waals surface area contributed by atoms with Gasteiger partial charge in [-0.05, 0) is 49.3 Å². The molecule has 0 aliphatic heterocycles. The van der Waals surface area contributed by atoms with Gasteiger partial charge in [-0.3, -0.25) is 0 Å². The van der Waals surface area contributed by atoms with E-state index >= 15 is 0 Å². The predicted molar refractivity (Wildman–Crippen MR) is 93.5 cm³/mol. The highest BCUT2D eigenvalue weighted by Crippen LogP contribution is 2.40. The van der Waals surface area contributed by atoms with Gasteiger partial charge in [-0.25, -0.2) is 4.79 Å². The topological polar surface area (TPSA) is 74.2 Å². The van der Waals surface area contributed by atoms with Crippen molar-refractivity contribution in [3.63, 3.8) is 0 Å². The van der Waals surface area contributed by atoms with E-state index in [1.165, 1.54) is 12.8 Å². The Labute approximate surface area is 144 Å². The van der Waals surface area contributed by atoms with Gasteiger partial charge in [-0.2, -0.15) is 5.26 Å². The number of carbonyl (C=O) groups is 1. The molecule has 1 saturated carbocycles. The summed E-state index contributed by atoms with van der Waals surface area (Å²) < 4.78 is 5.23. The summed E-state index contributed by atoms with van der Waals surface area (Å²) in [6.45, 7) is 3.35. The quantitative estimate of drug-likeness (QED) is 0.804. The van der Waals surface area contributed by atoms with E-state index in [4.69, 9.17) is 10.00 Å². The Morgan fingerprint density at radius 1 is 1.42 bits per heavy atom. The third kappa shape index (κ3) is 4.97. The highest BCUT2D eigenvalue weighted by atomic mass is 16.5. The molecule has 1 atom stereocenters. The molecular formula is C19H27N3O2. The Morgan fingerprint density at radius 3 is 2.83 bits per heavy atom. The van der Waals surface area contributed by atoms with Crippen molar-refractivity contribution >= 4 is 6.03 Å². The van der Waals surface area contributed by atoms with Crippen LogP contribution in [0.3, 0.4) is 0 Å². The standard InChI is InChI=1S/C19H27N3O2/c1-15(17-7-5-6-16(12-17)13-20)22-18(23)21-14-19(10-11-24-2)8-3-4-9-19/h5-7,12,15H,3-4,8-11,14H2,1-2H3,(H2,21,22,23). The van der Waals surface area contributed by atoms with E-state index in [1.807, 2.05) is 25.1 Å². The first-order valence-electron chi connectivity index (χ1n) is 8.62. The fraction of sp³-hybridized carbons (Fsp3) is 0.579. The Morgan fingerprint density at radius 2 is 2.17 bits per heavy atom. The Balaban J connectivity index is 1.86. The number of amides is 2. The molecule has 1 aliphatic rings. The van der Waals surface area contributed by atoms with E-state index < -0.39 is 0 Å². The van der Waals surface area contributed by atoms with Gasteiger partial charge in [-0.1, -0.05) is 25.0 Å². The molecule has 1 unspecified atom stereocenters. The maximum Gasteiger partial charge on any atom is 0.315 e. The average molecular weight is 329 g/mol. The molecule has 0 saturated heterocycles. The lowest BCUT2D eigenvalue weighted by molar-refractivity contribution is 0.135. The first-order valence-corrected chi connectivity index (χ1v) is 8.62. The second-order valence-electron chi connectivity index (χ2n) is 6.74. The minimum absolute atomic E-state index is 0.142. The third-order valence-corrected chi connectivity index (χ3v) is 4.99. The minimum atomic E-state index is -0.159. The molecule has 0 bridgehead atoms. The van der Waals surface area contributed by atoms with Gasteiger partial charge in [0.25, 0.3) is 0 Å². The second kappa shape index (κ2) is 8.70. The number of ether oxygens (including phenoxy) is 1. The number of benzene rings is 1. The van der Waals surface area contributed by atoms with Crippen LogP contribution in [-0.2, 0) is 4.74 Å². The smallest absolute Gasteiger partial charge is 0.315 e. The molecule has 1 aliphatic carbocycles. The number of methoxy groups -OCH3 is 1. The zero-order valence-corrected chi connectivity index (χ0v) is 14.6. The number of carbonyl (C=O) groups excluding carboxylic acids is 1. The van der Waals surface area contributed by atoms with Crippen molar-refractivity contribution in [3.8, 4) is 6.07 Å². The summed E-state index contributed by atoms with van der Waals surface area (Å²) in [6.07, 6.45) is 5.74. The van der Waals surface area contributed by atoms with Gasteiger partial charge in [0.05, 0.1) is 17.7 Å². The zero-order chi connectivity index (χ0) is 17.4. The number of hydrogen-bond donors (Lipinski definition) is 2. The number of nitrogens with one attached hydrogen (secondary N) is 2. The van der Waals surface area contributed by atoms with E-state index in [1.54, 1.807) is 13.2 Å². The van der Waals surface area contributed by atoms with Crippen molar-refractivity contribution in [1.29, 1.82) is 5.26 Å². The van der Waals surface area contributed by atoms with Gasteiger partial charge in [0.15, 0.2) is 0 Å². The first-order chi connectivity index (χ1) is 11.6. The van der Waals surface area contributed by atoms with Crippen LogP contribution < -0.4 is 10.6 Å². The van der Waals surface area contributed by atoms with Crippen molar-refractivity contribution in [2.45, 2.75) is 45.1 Å². The predicted octanol–water partition coefficient (Wildman–Crippen LogP) is 3.52. The van der Waals surface area contributed by atoms with Crippen LogP contribution in [0.25, 0.3) is 0 Å². The lowest BCUT2D eigenvalue weighted by Gasteiger charge is -2.29. The highest BCUT2D eigenvalue weighted by molar-refractivity contribution is 5.74. The molecule has 1 aromatic carbocycles. The van der Waals surface area contributed by atoms with Crippen LogP contribution in [0.1, 0.15) is 56.2 Å². The van der Waals surface area contributed by atoms with Crippen LogP contribution in [-0.4, -0.2) is 26.3 Å². The number of urea groups is 1. The fourth-order valence-corrected chi connectivity index (χ4v) is 3.44. The lowest BCUT2D eigenvalue weighted by atomic mass is 9.83. The third-order valence-electron chi connectivity index (χ3n) is 4.99. The Kier molecular flexibility index (Phi) is 6.62. The molecule has 5 nitrogen and oxygen atoms in total. The maximum absolute atomic E-state index is 12.2. The summed E-state index contributed by atoms with van der Waals surface area (Å²) in [5.74, 6) is 0. The van der Waals surface area contributed by atoms with Gasteiger partial charge in [-0.15, -0.1) is 0 Å². The number of rotatable bonds is 7. The van der Waals surface area contributed by atoms with Crippen molar-refractivity contribution in [1.82, 2.24) is 10.6 Å². The van der Waals surface area contributed by atoms with Gasteiger partial charge in [0.2, 0.25) is 0 Å². The molecule has 1 fully saturated rings. The van der Waals surface area contributed by atoms with Crippen LogP contribution >= 0.6 is 0 Å². The first kappa shape index (κ1) is 18.3. The normalized spacial score (nSPS) is 17.0. The van der Waals surface area contributed by atoms with E-state index in [-0.39, 0.29) is 17.5 Å².